The fourth-order valence-electron chi connectivity index (χ4n) is 3.43. The Kier molecular flexibility index (Phi) is 7.84. The number of ether oxygens (including phenoxy) is 1. The van der Waals surface area contributed by atoms with Gasteiger partial charge < -0.3 is 21.1 Å². The fourth-order valence-corrected chi connectivity index (χ4v) is 3.56. The summed E-state index contributed by atoms with van der Waals surface area (Å²) in [4.78, 5) is 44.6. The maximum atomic E-state index is 13.0. The molecule has 4 N–H and O–H groups in total. The Morgan fingerprint density at radius 1 is 1.03 bits per heavy atom. The lowest BCUT2D eigenvalue weighted by Gasteiger charge is -2.15. The van der Waals surface area contributed by atoms with Crippen LogP contribution in [0.25, 0.3) is 0 Å². The van der Waals surface area contributed by atoms with Crippen LogP contribution < -0.4 is 32.5 Å². The first-order valence-electron chi connectivity index (χ1n) is 11.3. The van der Waals surface area contributed by atoms with Crippen molar-refractivity contribution in [1.29, 1.82) is 0 Å². The minimum Gasteiger partial charge on any atom is -0.457 e. The lowest BCUT2D eigenvalue weighted by Crippen LogP contribution is -2.42. The molecule has 0 radical (unpaired) electrons. The van der Waals surface area contributed by atoms with Gasteiger partial charge in [0.1, 0.15) is 17.3 Å². The van der Waals surface area contributed by atoms with E-state index in [1.165, 1.54) is 4.57 Å². The van der Waals surface area contributed by atoms with Gasteiger partial charge in [-0.2, -0.15) is 4.98 Å². The molecule has 12 heteroatoms. The zero-order valence-electron chi connectivity index (χ0n) is 19.8. The van der Waals surface area contributed by atoms with E-state index >= 15 is 0 Å². The number of anilines is 3. The average Bonchev–Trinajstić information content (AvgIpc) is 2.88. The predicted molar refractivity (Wildman–Crippen MR) is 141 cm³/mol. The molecule has 4 aromatic rings. The number of amides is 1. The summed E-state index contributed by atoms with van der Waals surface area (Å²) in [5, 5.41) is 6.44. The van der Waals surface area contributed by atoms with Gasteiger partial charge in [-0.05, 0) is 55.0 Å². The largest absolute Gasteiger partial charge is 0.457 e. The maximum absolute atomic E-state index is 13.0. The second-order valence-corrected chi connectivity index (χ2v) is 8.34. The number of nitrogens with zero attached hydrogens (tertiary/aromatic N) is 4. The summed E-state index contributed by atoms with van der Waals surface area (Å²) in [6.45, 7) is 2.06. The third-order valence-corrected chi connectivity index (χ3v) is 5.49. The van der Waals surface area contributed by atoms with E-state index in [-0.39, 0.29) is 25.6 Å². The van der Waals surface area contributed by atoms with Crippen molar-refractivity contribution in [3.8, 4) is 11.5 Å². The maximum Gasteiger partial charge on any atom is 0.354 e. The number of aromatic nitrogens is 4. The fraction of sp³-hybridized carbons (Fsp3) is 0.160. The molecule has 0 unspecified atom stereocenters. The highest BCUT2D eigenvalue weighted by atomic mass is 35.5. The number of carbonyl (C=O) groups is 1. The third-order valence-electron chi connectivity index (χ3n) is 5.24. The van der Waals surface area contributed by atoms with Crippen molar-refractivity contribution in [1.82, 2.24) is 19.1 Å². The number of pyridine rings is 1. The molecule has 0 saturated heterocycles. The van der Waals surface area contributed by atoms with E-state index in [1.54, 1.807) is 73.8 Å². The van der Waals surface area contributed by atoms with Crippen LogP contribution in [0.1, 0.15) is 12.5 Å². The number of hydrogen-bond acceptors (Lipinski definition) is 8. The van der Waals surface area contributed by atoms with Crippen LogP contribution in [0.3, 0.4) is 0 Å². The summed E-state index contributed by atoms with van der Waals surface area (Å²) in [7, 11) is 0. The summed E-state index contributed by atoms with van der Waals surface area (Å²) in [6.07, 6.45) is 1.54. The molecule has 4 rings (SSSR count). The molecule has 2 aromatic heterocycles. The van der Waals surface area contributed by atoms with Gasteiger partial charge in [0.2, 0.25) is 11.9 Å². The van der Waals surface area contributed by atoms with Gasteiger partial charge in [-0.3, -0.25) is 9.36 Å². The van der Waals surface area contributed by atoms with Gasteiger partial charge >= 0.3 is 11.4 Å². The second-order valence-electron chi connectivity index (χ2n) is 7.91. The van der Waals surface area contributed by atoms with E-state index in [9.17, 15) is 14.4 Å². The molecule has 190 valence electrons. The number of primary amides is 1. The number of carbonyl (C=O) groups excluding carboxylic acids is 1. The van der Waals surface area contributed by atoms with Crippen molar-refractivity contribution in [3.05, 3.63) is 98.4 Å². The molecule has 0 aliphatic rings. The summed E-state index contributed by atoms with van der Waals surface area (Å²) in [5.41, 5.74) is 5.45. The number of halogens is 1. The zero-order chi connectivity index (χ0) is 26.4. The Morgan fingerprint density at radius 3 is 2.43 bits per heavy atom. The molecule has 2 aromatic carbocycles. The Balaban J connectivity index is 1.54. The lowest BCUT2D eigenvalue weighted by atomic mass is 10.2. The van der Waals surface area contributed by atoms with Gasteiger partial charge in [-0.1, -0.05) is 23.7 Å². The standard InChI is InChI=1S/C25H24ClN7O4/c1-2-32-24(35)31-23(33(25(32)36)15-16-3-5-17(26)6-4-16)30-18-7-9-19(10-8-18)37-20-11-12-28-22(13-20)29-14-21(27)34/h3-13H,2,14-15H2,1H3,(H2,27,34)(H,28,29)(H,30,31,35). The van der Waals surface area contributed by atoms with Crippen molar-refractivity contribution < 1.29 is 9.53 Å². The van der Waals surface area contributed by atoms with Crippen molar-refractivity contribution in [2.45, 2.75) is 20.0 Å². The summed E-state index contributed by atoms with van der Waals surface area (Å²) in [6, 6.07) is 17.3. The van der Waals surface area contributed by atoms with Crippen molar-refractivity contribution in [2.75, 3.05) is 17.2 Å². The third kappa shape index (κ3) is 6.53. The molecule has 0 fully saturated rings. The number of benzene rings is 2. The first kappa shape index (κ1) is 25.5. The molecular formula is C25H24ClN7O4. The molecule has 0 bridgehead atoms. The van der Waals surface area contributed by atoms with Crippen LogP contribution in [-0.4, -0.2) is 31.6 Å². The van der Waals surface area contributed by atoms with Crippen LogP contribution in [0.4, 0.5) is 17.5 Å². The molecular weight excluding hydrogens is 498 g/mol. The van der Waals surface area contributed by atoms with Gasteiger partial charge in [-0.25, -0.2) is 19.1 Å². The van der Waals surface area contributed by atoms with Crippen molar-refractivity contribution in [3.63, 3.8) is 0 Å². The number of nitrogens with two attached hydrogens (primary N) is 1. The monoisotopic (exact) mass is 521 g/mol. The average molecular weight is 522 g/mol. The zero-order valence-corrected chi connectivity index (χ0v) is 20.6. The Hall–Kier alpha value is -4.64. The highest BCUT2D eigenvalue weighted by molar-refractivity contribution is 6.30. The molecule has 0 aliphatic carbocycles. The first-order valence-corrected chi connectivity index (χ1v) is 11.7. The Labute approximate surface area is 216 Å². The Bertz CT molecular complexity index is 1520. The molecule has 0 saturated carbocycles. The normalized spacial score (nSPS) is 10.6. The van der Waals surface area contributed by atoms with E-state index < -0.39 is 17.3 Å². The highest BCUT2D eigenvalue weighted by Gasteiger charge is 2.13. The molecule has 2 heterocycles. The molecule has 0 aliphatic heterocycles. The first-order chi connectivity index (χ1) is 17.8. The Morgan fingerprint density at radius 2 is 1.76 bits per heavy atom. The minimum atomic E-state index is -0.638. The van der Waals surface area contributed by atoms with Gasteiger partial charge in [0, 0.05) is 29.5 Å². The summed E-state index contributed by atoms with van der Waals surface area (Å²) < 4.78 is 8.32. The van der Waals surface area contributed by atoms with E-state index in [2.05, 4.69) is 20.6 Å². The summed E-state index contributed by atoms with van der Waals surface area (Å²) in [5.74, 6) is 1.09. The quantitative estimate of drug-likeness (QED) is 0.288. The van der Waals surface area contributed by atoms with E-state index in [0.29, 0.717) is 28.0 Å². The number of nitrogens with one attached hydrogen (secondary N) is 2. The molecule has 11 nitrogen and oxygen atoms in total. The molecule has 1 amide bonds. The molecule has 37 heavy (non-hydrogen) atoms. The second kappa shape index (κ2) is 11.4. The molecule has 0 spiro atoms. The van der Waals surface area contributed by atoms with Crippen LogP contribution in [-0.2, 0) is 17.9 Å². The van der Waals surface area contributed by atoms with Crippen LogP contribution in [0.15, 0.2) is 76.4 Å². The van der Waals surface area contributed by atoms with Gasteiger partial charge in [0.25, 0.3) is 0 Å². The van der Waals surface area contributed by atoms with Gasteiger partial charge in [0.15, 0.2) is 0 Å². The lowest BCUT2D eigenvalue weighted by molar-refractivity contribution is -0.116. The van der Waals surface area contributed by atoms with Crippen LogP contribution in [0.2, 0.25) is 5.02 Å². The van der Waals surface area contributed by atoms with Crippen LogP contribution >= 0.6 is 11.6 Å². The van der Waals surface area contributed by atoms with Crippen LogP contribution in [0, 0.1) is 0 Å². The molecule has 0 atom stereocenters. The van der Waals surface area contributed by atoms with Crippen LogP contribution in [0.5, 0.6) is 11.5 Å². The smallest absolute Gasteiger partial charge is 0.354 e. The van der Waals surface area contributed by atoms with Crippen molar-refractivity contribution >= 4 is 35.0 Å². The minimum absolute atomic E-state index is 0.0449. The van der Waals surface area contributed by atoms with Crippen molar-refractivity contribution in [2.24, 2.45) is 5.73 Å². The van der Waals surface area contributed by atoms with Gasteiger partial charge in [-0.15, -0.1) is 0 Å². The van der Waals surface area contributed by atoms with E-state index in [4.69, 9.17) is 22.1 Å². The predicted octanol–water partition coefficient (Wildman–Crippen LogP) is 2.95. The van der Waals surface area contributed by atoms with Gasteiger partial charge in [0.05, 0.1) is 13.1 Å². The van der Waals surface area contributed by atoms with E-state index in [1.807, 2.05) is 0 Å². The SMILES string of the molecule is CCn1c(=O)nc(Nc2ccc(Oc3ccnc(NCC(N)=O)c3)cc2)n(Cc2ccc(Cl)cc2)c1=O. The number of hydrogen-bond donors (Lipinski definition) is 3. The summed E-state index contributed by atoms with van der Waals surface area (Å²) >= 11 is 5.98. The highest BCUT2D eigenvalue weighted by Crippen LogP contribution is 2.25. The van der Waals surface area contributed by atoms with E-state index in [0.717, 1.165) is 10.1 Å². The number of rotatable bonds is 10. The topological polar surface area (TPSA) is 146 Å².